The number of rotatable bonds is 4. The highest BCUT2D eigenvalue weighted by Gasteiger charge is 2.13. The molecule has 0 aromatic heterocycles. The number of hydrogen-bond donors (Lipinski definition) is 2. The van der Waals surface area contributed by atoms with Crippen LogP contribution in [0.5, 0.6) is 0 Å². The van der Waals surface area contributed by atoms with E-state index < -0.39 is 18.3 Å². The summed E-state index contributed by atoms with van der Waals surface area (Å²) in [6.45, 7) is 3.29. The Morgan fingerprint density at radius 1 is 1.73 bits per heavy atom. The number of ether oxygens (including phenoxy) is 1. The van der Waals surface area contributed by atoms with Crippen molar-refractivity contribution < 1.29 is 14.6 Å². The van der Waals surface area contributed by atoms with E-state index in [0.717, 1.165) is 6.42 Å². The molecule has 0 bridgehead atoms. The van der Waals surface area contributed by atoms with Crippen molar-refractivity contribution in [2.24, 2.45) is 5.73 Å². The topological polar surface area (TPSA) is 72.5 Å². The monoisotopic (exact) mass is 161 g/mol. The summed E-state index contributed by atoms with van der Waals surface area (Å²) >= 11 is 0. The van der Waals surface area contributed by atoms with Gasteiger partial charge in [0, 0.05) is 0 Å². The summed E-state index contributed by atoms with van der Waals surface area (Å²) in [6, 6.07) is 0. The van der Waals surface area contributed by atoms with E-state index in [-0.39, 0.29) is 0 Å². The summed E-state index contributed by atoms with van der Waals surface area (Å²) in [4.78, 5) is 10.7. The Bertz CT molecular complexity index is 125. The molecule has 0 fully saturated rings. The number of aliphatic hydroxyl groups excluding tert-OH is 1. The lowest BCUT2D eigenvalue weighted by atomic mass is 10.3. The molecule has 0 saturated carbocycles. The highest BCUT2D eigenvalue weighted by Crippen LogP contribution is 1.97. The van der Waals surface area contributed by atoms with Crippen LogP contribution < -0.4 is 5.73 Å². The first-order chi connectivity index (χ1) is 5.07. The zero-order chi connectivity index (χ0) is 8.85. The minimum Gasteiger partial charge on any atom is -0.445 e. The van der Waals surface area contributed by atoms with E-state index in [9.17, 15) is 4.79 Å². The van der Waals surface area contributed by atoms with Crippen molar-refractivity contribution >= 4 is 5.97 Å². The van der Waals surface area contributed by atoms with Crippen molar-refractivity contribution in [3.05, 3.63) is 0 Å². The normalized spacial score (nSPS) is 15.6. The molecular weight excluding hydrogens is 146 g/mol. The fraction of sp³-hybridized carbons (Fsp3) is 0.857. The third kappa shape index (κ3) is 4.75. The zero-order valence-corrected chi connectivity index (χ0v) is 6.91. The molecule has 2 atom stereocenters. The molecule has 0 aliphatic carbocycles. The SMILES string of the molecule is CCCC(N)OC(=O)C(C)O. The lowest BCUT2D eigenvalue weighted by molar-refractivity contribution is -0.158. The van der Waals surface area contributed by atoms with Gasteiger partial charge < -0.3 is 9.84 Å². The smallest absolute Gasteiger partial charge is 0.336 e. The summed E-state index contributed by atoms with van der Waals surface area (Å²) < 4.78 is 4.64. The molecule has 3 N–H and O–H groups in total. The summed E-state index contributed by atoms with van der Waals surface area (Å²) in [5.74, 6) is -0.661. The molecule has 4 nitrogen and oxygen atoms in total. The molecule has 11 heavy (non-hydrogen) atoms. The van der Waals surface area contributed by atoms with Crippen LogP contribution >= 0.6 is 0 Å². The van der Waals surface area contributed by atoms with Crippen molar-refractivity contribution in [1.82, 2.24) is 0 Å². The largest absolute Gasteiger partial charge is 0.445 e. The quantitative estimate of drug-likeness (QED) is 0.449. The van der Waals surface area contributed by atoms with Gasteiger partial charge in [-0.25, -0.2) is 4.79 Å². The molecular formula is C7H15NO3. The second-order valence-corrected chi connectivity index (χ2v) is 2.44. The first-order valence-electron chi connectivity index (χ1n) is 3.72. The number of esters is 1. The van der Waals surface area contributed by atoms with Gasteiger partial charge in [-0.2, -0.15) is 0 Å². The van der Waals surface area contributed by atoms with Gasteiger partial charge in [0.25, 0.3) is 0 Å². The van der Waals surface area contributed by atoms with Crippen LogP contribution in [0.15, 0.2) is 0 Å². The molecule has 0 heterocycles. The van der Waals surface area contributed by atoms with Gasteiger partial charge in [0.15, 0.2) is 6.23 Å². The summed E-state index contributed by atoms with van der Waals surface area (Å²) in [5, 5.41) is 8.71. The highest BCUT2D eigenvalue weighted by molar-refractivity contribution is 5.73. The van der Waals surface area contributed by atoms with Crippen LogP contribution in [0.1, 0.15) is 26.7 Å². The summed E-state index contributed by atoms with van der Waals surface area (Å²) in [7, 11) is 0. The third-order valence-corrected chi connectivity index (χ3v) is 1.18. The van der Waals surface area contributed by atoms with Crippen molar-refractivity contribution in [3.63, 3.8) is 0 Å². The minimum absolute atomic E-state index is 0.581. The van der Waals surface area contributed by atoms with Crippen LogP contribution in [0.3, 0.4) is 0 Å². The van der Waals surface area contributed by atoms with E-state index in [1.54, 1.807) is 0 Å². The molecule has 0 amide bonds. The maximum atomic E-state index is 10.7. The Hall–Kier alpha value is -0.610. The number of nitrogens with two attached hydrogens (primary N) is 1. The van der Waals surface area contributed by atoms with E-state index in [2.05, 4.69) is 4.74 Å². The number of aliphatic hydroxyl groups is 1. The molecule has 0 aromatic carbocycles. The van der Waals surface area contributed by atoms with Crippen LogP contribution in [-0.4, -0.2) is 23.4 Å². The second kappa shape index (κ2) is 5.09. The van der Waals surface area contributed by atoms with Gasteiger partial charge in [0.2, 0.25) is 0 Å². The number of hydrogen-bond acceptors (Lipinski definition) is 4. The van der Waals surface area contributed by atoms with Gasteiger partial charge in [-0.05, 0) is 13.3 Å². The summed E-state index contributed by atoms with van der Waals surface area (Å²) in [5.41, 5.74) is 5.37. The Balaban J connectivity index is 3.57. The van der Waals surface area contributed by atoms with E-state index in [0.29, 0.717) is 6.42 Å². The van der Waals surface area contributed by atoms with E-state index >= 15 is 0 Å². The Morgan fingerprint density at radius 2 is 2.27 bits per heavy atom. The number of carbonyl (C=O) groups excluding carboxylic acids is 1. The molecule has 0 aromatic rings. The molecule has 4 heteroatoms. The second-order valence-electron chi connectivity index (χ2n) is 2.44. The van der Waals surface area contributed by atoms with Crippen LogP contribution in [0.25, 0.3) is 0 Å². The lowest BCUT2D eigenvalue weighted by Crippen LogP contribution is -2.31. The van der Waals surface area contributed by atoms with Gasteiger partial charge in [-0.15, -0.1) is 0 Å². The van der Waals surface area contributed by atoms with Crippen molar-refractivity contribution in [2.45, 2.75) is 39.0 Å². The van der Waals surface area contributed by atoms with E-state index in [4.69, 9.17) is 10.8 Å². The Kier molecular flexibility index (Phi) is 4.81. The van der Waals surface area contributed by atoms with E-state index in [1.165, 1.54) is 6.92 Å². The molecule has 0 aliphatic rings. The lowest BCUT2D eigenvalue weighted by Gasteiger charge is -2.12. The first kappa shape index (κ1) is 10.4. The van der Waals surface area contributed by atoms with E-state index in [1.807, 2.05) is 6.92 Å². The van der Waals surface area contributed by atoms with Crippen LogP contribution in [0.4, 0.5) is 0 Å². The fourth-order valence-corrected chi connectivity index (χ4v) is 0.591. The molecule has 0 aliphatic heterocycles. The van der Waals surface area contributed by atoms with Gasteiger partial charge in [-0.3, -0.25) is 5.73 Å². The number of carbonyl (C=O) groups is 1. The molecule has 0 saturated heterocycles. The Morgan fingerprint density at radius 3 is 2.64 bits per heavy atom. The maximum absolute atomic E-state index is 10.7. The molecule has 0 spiro atoms. The van der Waals surface area contributed by atoms with Crippen molar-refractivity contribution in [1.29, 1.82) is 0 Å². The summed E-state index contributed by atoms with van der Waals surface area (Å²) in [6.07, 6.45) is -0.188. The minimum atomic E-state index is -1.09. The molecule has 66 valence electrons. The highest BCUT2D eigenvalue weighted by atomic mass is 16.6. The van der Waals surface area contributed by atoms with Crippen molar-refractivity contribution in [3.8, 4) is 0 Å². The third-order valence-electron chi connectivity index (χ3n) is 1.18. The Labute approximate surface area is 66.3 Å². The average Bonchev–Trinajstić information content (AvgIpc) is 1.87. The molecule has 0 rings (SSSR count). The zero-order valence-electron chi connectivity index (χ0n) is 6.91. The van der Waals surface area contributed by atoms with Gasteiger partial charge in [0.05, 0.1) is 0 Å². The van der Waals surface area contributed by atoms with Gasteiger partial charge >= 0.3 is 5.97 Å². The standard InChI is InChI=1S/C7H15NO3/c1-3-4-6(8)11-7(10)5(2)9/h5-6,9H,3-4,8H2,1-2H3. The fourth-order valence-electron chi connectivity index (χ4n) is 0.591. The maximum Gasteiger partial charge on any atom is 0.336 e. The molecule has 0 radical (unpaired) electrons. The van der Waals surface area contributed by atoms with Crippen LogP contribution in [0.2, 0.25) is 0 Å². The molecule has 2 unspecified atom stereocenters. The van der Waals surface area contributed by atoms with Gasteiger partial charge in [-0.1, -0.05) is 13.3 Å². The predicted octanol–water partition coefficient (Wildman–Crippen LogP) is -0.00470. The first-order valence-corrected chi connectivity index (χ1v) is 3.72. The van der Waals surface area contributed by atoms with Crippen LogP contribution in [-0.2, 0) is 9.53 Å². The van der Waals surface area contributed by atoms with Crippen LogP contribution in [0, 0.1) is 0 Å². The van der Waals surface area contributed by atoms with Gasteiger partial charge in [0.1, 0.15) is 6.10 Å². The van der Waals surface area contributed by atoms with Crippen molar-refractivity contribution in [2.75, 3.05) is 0 Å². The predicted molar refractivity (Wildman–Crippen MR) is 40.7 cm³/mol. The average molecular weight is 161 g/mol.